The van der Waals surface area contributed by atoms with Crippen molar-refractivity contribution in [1.82, 2.24) is 0 Å². The summed E-state index contributed by atoms with van der Waals surface area (Å²) in [6.45, 7) is 9.13. The van der Waals surface area contributed by atoms with Crippen molar-refractivity contribution < 1.29 is 4.74 Å². The molecule has 0 saturated carbocycles. The lowest BCUT2D eigenvalue weighted by Gasteiger charge is -2.49. The largest absolute Gasteiger partial charge is 0.380 e. The molecular formula is C8H17NO. The van der Waals surface area contributed by atoms with Crippen LogP contribution >= 0.6 is 0 Å². The van der Waals surface area contributed by atoms with Gasteiger partial charge in [0, 0.05) is 5.41 Å². The predicted octanol–water partition coefficient (Wildman–Crippen LogP) is 1.01. The molecule has 2 heteroatoms. The van der Waals surface area contributed by atoms with Crippen LogP contribution in [-0.2, 0) is 4.74 Å². The van der Waals surface area contributed by atoms with Gasteiger partial charge in [0.2, 0.25) is 0 Å². The monoisotopic (exact) mass is 143 g/mol. The van der Waals surface area contributed by atoms with Crippen molar-refractivity contribution in [3.63, 3.8) is 0 Å². The Morgan fingerprint density at radius 2 is 2.00 bits per heavy atom. The smallest absolute Gasteiger partial charge is 0.0547 e. The summed E-state index contributed by atoms with van der Waals surface area (Å²) in [5.74, 6) is 0. The Morgan fingerprint density at radius 3 is 2.10 bits per heavy atom. The average molecular weight is 143 g/mol. The molecule has 0 spiro atoms. The van der Waals surface area contributed by atoms with Crippen LogP contribution in [0.5, 0.6) is 0 Å². The van der Waals surface area contributed by atoms with E-state index in [0.29, 0.717) is 5.41 Å². The molecule has 1 aliphatic heterocycles. The minimum Gasteiger partial charge on any atom is -0.380 e. The van der Waals surface area contributed by atoms with Gasteiger partial charge in [-0.25, -0.2) is 0 Å². The van der Waals surface area contributed by atoms with Gasteiger partial charge in [0.05, 0.1) is 13.2 Å². The maximum absolute atomic E-state index is 5.65. The second-order valence-electron chi connectivity index (χ2n) is 4.14. The molecule has 1 heterocycles. The third kappa shape index (κ3) is 0.956. The molecule has 0 amide bonds. The van der Waals surface area contributed by atoms with E-state index in [4.69, 9.17) is 10.5 Å². The molecule has 2 N–H and O–H groups in total. The Bertz CT molecular complexity index is 118. The van der Waals surface area contributed by atoms with Crippen LogP contribution in [0.1, 0.15) is 20.8 Å². The van der Waals surface area contributed by atoms with Crippen LogP contribution in [0.4, 0.5) is 0 Å². The van der Waals surface area contributed by atoms with Crippen LogP contribution in [0.15, 0.2) is 0 Å². The predicted molar refractivity (Wildman–Crippen MR) is 41.8 cm³/mol. The molecule has 2 nitrogen and oxygen atoms in total. The average Bonchev–Trinajstić information content (AvgIpc) is 1.82. The van der Waals surface area contributed by atoms with Crippen LogP contribution in [0.2, 0.25) is 0 Å². The summed E-state index contributed by atoms with van der Waals surface area (Å²) in [6, 6.07) is 0. The Balaban J connectivity index is 2.61. The highest BCUT2D eigenvalue weighted by molar-refractivity contribution is 4.94. The number of hydrogen-bond acceptors (Lipinski definition) is 2. The van der Waals surface area contributed by atoms with Gasteiger partial charge in [0.1, 0.15) is 0 Å². The molecule has 1 saturated heterocycles. The summed E-state index contributed by atoms with van der Waals surface area (Å²) in [6.07, 6.45) is 0. The number of hydrogen-bond donors (Lipinski definition) is 1. The first-order valence-corrected chi connectivity index (χ1v) is 3.80. The van der Waals surface area contributed by atoms with Gasteiger partial charge in [-0.3, -0.25) is 0 Å². The lowest BCUT2D eigenvalue weighted by atomic mass is 9.65. The lowest BCUT2D eigenvalue weighted by molar-refractivity contribution is -0.160. The zero-order valence-electron chi connectivity index (χ0n) is 7.11. The molecule has 1 rings (SSSR count). The van der Waals surface area contributed by atoms with E-state index < -0.39 is 0 Å². The van der Waals surface area contributed by atoms with Gasteiger partial charge in [0.15, 0.2) is 0 Å². The van der Waals surface area contributed by atoms with Crippen molar-refractivity contribution in [2.45, 2.75) is 20.8 Å². The molecule has 0 aromatic carbocycles. The summed E-state index contributed by atoms with van der Waals surface area (Å²) in [5, 5.41) is 0. The summed E-state index contributed by atoms with van der Waals surface area (Å²) < 4.78 is 5.17. The van der Waals surface area contributed by atoms with E-state index in [1.165, 1.54) is 0 Å². The maximum Gasteiger partial charge on any atom is 0.0547 e. The van der Waals surface area contributed by atoms with Gasteiger partial charge < -0.3 is 10.5 Å². The van der Waals surface area contributed by atoms with Crippen LogP contribution < -0.4 is 5.73 Å². The summed E-state index contributed by atoms with van der Waals surface area (Å²) in [4.78, 5) is 0. The van der Waals surface area contributed by atoms with Crippen molar-refractivity contribution in [2.75, 3.05) is 19.8 Å². The number of rotatable bonds is 2. The Hall–Kier alpha value is -0.0800. The van der Waals surface area contributed by atoms with Gasteiger partial charge in [-0.2, -0.15) is 0 Å². The normalized spacial score (nSPS) is 24.0. The van der Waals surface area contributed by atoms with Crippen LogP contribution in [0, 0.1) is 10.8 Å². The molecule has 0 aliphatic carbocycles. The van der Waals surface area contributed by atoms with E-state index in [9.17, 15) is 0 Å². The minimum absolute atomic E-state index is 0.227. The third-order valence-electron chi connectivity index (χ3n) is 2.99. The first-order valence-electron chi connectivity index (χ1n) is 3.80. The van der Waals surface area contributed by atoms with E-state index in [-0.39, 0.29) is 5.41 Å². The zero-order chi connectivity index (χ0) is 7.83. The van der Waals surface area contributed by atoms with Crippen molar-refractivity contribution in [2.24, 2.45) is 16.6 Å². The van der Waals surface area contributed by atoms with Crippen molar-refractivity contribution >= 4 is 0 Å². The molecule has 10 heavy (non-hydrogen) atoms. The van der Waals surface area contributed by atoms with E-state index in [0.717, 1.165) is 19.8 Å². The number of nitrogens with two attached hydrogens (primary N) is 1. The van der Waals surface area contributed by atoms with E-state index in [1.807, 2.05) is 0 Å². The fourth-order valence-electron chi connectivity index (χ4n) is 1.05. The highest BCUT2D eigenvalue weighted by atomic mass is 16.5. The second kappa shape index (κ2) is 2.21. The standard InChI is InChI=1S/C8H17NO/c1-7(2,4-9)8(3)5-10-6-8/h4-6,9H2,1-3H3. The topological polar surface area (TPSA) is 35.2 Å². The van der Waals surface area contributed by atoms with Gasteiger partial charge in [-0.15, -0.1) is 0 Å². The van der Waals surface area contributed by atoms with Gasteiger partial charge in [-0.1, -0.05) is 20.8 Å². The molecule has 0 unspecified atom stereocenters. The Morgan fingerprint density at radius 1 is 1.50 bits per heavy atom. The fourth-order valence-corrected chi connectivity index (χ4v) is 1.05. The number of ether oxygens (including phenoxy) is 1. The van der Waals surface area contributed by atoms with Crippen LogP contribution in [0.3, 0.4) is 0 Å². The Kier molecular flexibility index (Phi) is 1.77. The summed E-state index contributed by atoms with van der Waals surface area (Å²) in [5.41, 5.74) is 6.19. The minimum atomic E-state index is 0.227. The molecule has 0 aromatic heterocycles. The van der Waals surface area contributed by atoms with Crippen molar-refractivity contribution in [1.29, 1.82) is 0 Å². The quantitative estimate of drug-likeness (QED) is 0.626. The van der Waals surface area contributed by atoms with Crippen molar-refractivity contribution in [3.8, 4) is 0 Å². The molecule has 0 aromatic rings. The molecule has 1 fully saturated rings. The van der Waals surface area contributed by atoms with Crippen molar-refractivity contribution in [3.05, 3.63) is 0 Å². The fraction of sp³-hybridized carbons (Fsp3) is 1.00. The van der Waals surface area contributed by atoms with Gasteiger partial charge >= 0.3 is 0 Å². The molecule has 0 bridgehead atoms. The van der Waals surface area contributed by atoms with E-state index in [2.05, 4.69) is 20.8 Å². The molecule has 60 valence electrons. The lowest BCUT2D eigenvalue weighted by Crippen LogP contribution is -2.53. The molecule has 1 aliphatic rings. The first-order chi connectivity index (χ1) is 4.52. The van der Waals surface area contributed by atoms with Crippen LogP contribution in [0.25, 0.3) is 0 Å². The maximum atomic E-state index is 5.65. The summed E-state index contributed by atoms with van der Waals surface area (Å²) >= 11 is 0. The third-order valence-corrected chi connectivity index (χ3v) is 2.99. The SMILES string of the molecule is CC(C)(CN)C1(C)COC1. The van der Waals surface area contributed by atoms with Gasteiger partial charge in [-0.05, 0) is 12.0 Å². The second-order valence-corrected chi connectivity index (χ2v) is 4.14. The highest BCUT2D eigenvalue weighted by Crippen LogP contribution is 2.43. The summed E-state index contributed by atoms with van der Waals surface area (Å²) in [7, 11) is 0. The first kappa shape index (κ1) is 8.02. The highest BCUT2D eigenvalue weighted by Gasteiger charge is 2.45. The molecular weight excluding hydrogens is 126 g/mol. The van der Waals surface area contributed by atoms with E-state index in [1.54, 1.807) is 0 Å². The van der Waals surface area contributed by atoms with Crippen LogP contribution in [-0.4, -0.2) is 19.8 Å². The molecule has 0 atom stereocenters. The molecule has 0 radical (unpaired) electrons. The Labute approximate surface area is 62.7 Å². The van der Waals surface area contributed by atoms with Gasteiger partial charge in [0.25, 0.3) is 0 Å². The van der Waals surface area contributed by atoms with E-state index >= 15 is 0 Å². The zero-order valence-corrected chi connectivity index (χ0v) is 7.11.